The number of nitrogens with one attached hydrogen (secondary N) is 1. The molecule has 3 fully saturated rings. The quantitative estimate of drug-likeness (QED) is 0.191. The van der Waals surface area contributed by atoms with Crippen molar-refractivity contribution in [2.75, 3.05) is 49.7 Å². The molecule has 21 heteroatoms. The number of amides is 1. The van der Waals surface area contributed by atoms with Crippen molar-refractivity contribution in [3.8, 4) is 34.4 Å². The zero-order valence-corrected chi connectivity index (χ0v) is 33.0. The van der Waals surface area contributed by atoms with Gasteiger partial charge in [0, 0.05) is 66.7 Å². The number of benzene rings is 2. The van der Waals surface area contributed by atoms with E-state index in [0.717, 1.165) is 33.9 Å². The normalized spacial score (nSPS) is 20.4. The Bertz CT molecular complexity index is 2940. The Morgan fingerprint density at radius 2 is 1.53 bits per heavy atom. The van der Waals surface area contributed by atoms with Crippen LogP contribution in [0.15, 0.2) is 59.5 Å². The number of hydrogen-bond acceptors (Lipinski definition) is 14. The third kappa shape index (κ3) is 6.22. The Hall–Kier alpha value is -5.71. The van der Waals surface area contributed by atoms with Crippen molar-refractivity contribution in [2.24, 2.45) is 5.92 Å². The monoisotopic (exact) mass is 826 g/mol. The molecule has 0 radical (unpaired) electrons. The minimum absolute atomic E-state index is 0.0181. The average molecular weight is 827 g/mol. The molecule has 6 heterocycles. The van der Waals surface area contributed by atoms with Gasteiger partial charge >= 0.3 is 0 Å². The van der Waals surface area contributed by atoms with E-state index in [1.165, 1.54) is 19.9 Å². The molecule has 4 aromatic heterocycles. The van der Waals surface area contributed by atoms with E-state index < -0.39 is 31.1 Å². The van der Waals surface area contributed by atoms with Crippen LogP contribution in [-0.4, -0.2) is 99.6 Å². The maximum absolute atomic E-state index is 13.8. The summed E-state index contributed by atoms with van der Waals surface area (Å²) >= 11 is 1.33. The summed E-state index contributed by atoms with van der Waals surface area (Å²) in [6.45, 7) is 0.544. The summed E-state index contributed by atoms with van der Waals surface area (Å²) in [6, 6.07) is 13.7. The van der Waals surface area contributed by atoms with E-state index >= 15 is 0 Å². The minimum atomic E-state index is -3.44. The third-order valence-corrected chi connectivity index (χ3v) is 14.6. The number of nitriles is 2. The first-order valence-electron chi connectivity index (χ1n) is 17.8. The van der Waals surface area contributed by atoms with E-state index in [1.807, 2.05) is 30.5 Å². The van der Waals surface area contributed by atoms with E-state index in [1.54, 1.807) is 34.0 Å². The number of rotatable bonds is 11. The summed E-state index contributed by atoms with van der Waals surface area (Å²) < 4.78 is 61.2. The topological polar surface area (TPSA) is 252 Å². The standard InChI is InChI=1S/C36H34N12O6S3/c1-56(50,51)45-17-35(18-45,8-10-37)47-15-21(13-40-47)23-4-3-5-28-31(23)55-34(43-28)44-32(49)26-12-25(26)24-6-7-27-30(54-33(39)42-27)29(24)22-14-41-48(16-22)36(9-11-38)19-46(20-36)57(2,52)53/h3-7,13-16,25-26H,8-9,12,17-20H2,1-2H3,(H2,39,42)(H,43,44,49). The number of hydrogen-bond donors (Lipinski definition) is 2. The molecule has 57 heavy (non-hydrogen) atoms. The zero-order chi connectivity index (χ0) is 40.1. The lowest BCUT2D eigenvalue weighted by Crippen LogP contribution is -2.63. The number of carbonyl (C=O) groups is 1. The van der Waals surface area contributed by atoms with Gasteiger partial charge in [-0.25, -0.2) is 21.8 Å². The molecule has 2 atom stereocenters. The van der Waals surface area contributed by atoms with Crippen LogP contribution in [0.25, 0.3) is 43.6 Å². The van der Waals surface area contributed by atoms with E-state index in [9.17, 15) is 32.2 Å². The summed E-state index contributed by atoms with van der Waals surface area (Å²) in [6.07, 6.45) is 9.91. The lowest BCUT2D eigenvalue weighted by Gasteiger charge is -2.47. The maximum Gasteiger partial charge on any atom is 0.293 e. The zero-order valence-electron chi connectivity index (χ0n) is 30.5. The SMILES string of the molecule is CS(=O)(=O)N1CC(CC#N)(n2cc(-c3c(C4CC4C(=O)Nc4nc5cccc(-c6cnn(C7(CC#N)CN(S(C)(=O)=O)C7)c6)c5s4)ccc4nc(N)oc34)cn2)C1. The molecule has 2 aromatic carbocycles. The van der Waals surface area contributed by atoms with Crippen LogP contribution < -0.4 is 11.1 Å². The van der Waals surface area contributed by atoms with Gasteiger partial charge in [-0.15, -0.1) is 0 Å². The Balaban J connectivity index is 0.963. The molecule has 2 saturated heterocycles. The van der Waals surface area contributed by atoms with Crippen molar-refractivity contribution in [3.05, 3.63) is 60.7 Å². The highest BCUT2D eigenvalue weighted by Crippen LogP contribution is 2.53. The van der Waals surface area contributed by atoms with Crippen molar-refractivity contribution in [2.45, 2.75) is 36.3 Å². The van der Waals surface area contributed by atoms with Crippen molar-refractivity contribution in [1.29, 1.82) is 10.5 Å². The molecule has 2 unspecified atom stereocenters. The van der Waals surface area contributed by atoms with Gasteiger partial charge in [-0.2, -0.15) is 34.3 Å². The fourth-order valence-corrected chi connectivity index (χ4v) is 10.9. The van der Waals surface area contributed by atoms with Crippen LogP contribution in [-0.2, 0) is 35.9 Å². The van der Waals surface area contributed by atoms with Crippen LogP contribution in [0.5, 0.6) is 0 Å². The van der Waals surface area contributed by atoms with Crippen molar-refractivity contribution >= 4 is 69.8 Å². The second-order valence-electron chi connectivity index (χ2n) is 15.1. The molecule has 1 amide bonds. The van der Waals surface area contributed by atoms with Gasteiger partial charge < -0.3 is 15.5 Å². The number of oxazole rings is 1. The van der Waals surface area contributed by atoms with Gasteiger partial charge in [0.15, 0.2) is 10.7 Å². The number of aromatic nitrogens is 6. The molecule has 0 bridgehead atoms. The molecule has 18 nitrogen and oxygen atoms in total. The average Bonchev–Trinajstić information content (AvgIpc) is 3.54. The van der Waals surface area contributed by atoms with Crippen LogP contribution >= 0.6 is 11.3 Å². The maximum atomic E-state index is 13.8. The number of thiazole rings is 1. The number of fused-ring (bicyclic) bond motifs is 2. The summed E-state index contributed by atoms with van der Waals surface area (Å²) in [4.78, 5) is 22.8. The molecule has 1 aliphatic carbocycles. The molecular formula is C36H34N12O6S3. The largest absolute Gasteiger partial charge is 0.423 e. The highest BCUT2D eigenvalue weighted by molar-refractivity contribution is 7.88. The van der Waals surface area contributed by atoms with Gasteiger partial charge in [0.2, 0.25) is 26.0 Å². The Morgan fingerprint density at radius 3 is 2.14 bits per heavy atom. The molecule has 3 aliphatic rings. The molecule has 1 saturated carbocycles. The van der Waals surface area contributed by atoms with Crippen LogP contribution in [0.3, 0.4) is 0 Å². The van der Waals surface area contributed by atoms with Gasteiger partial charge in [-0.3, -0.25) is 14.2 Å². The van der Waals surface area contributed by atoms with Crippen LogP contribution in [0.1, 0.15) is 30.7 Å². The first kappa shape index (κ1) is 36.9. The summed E-state index contributed by atoms with van der Waals surface area (Å²) in [5.41, 5.74) is 9.78. The van der Waals surface area contributed by atoms with Crippen molar-refractivity contribution in [3.63, 3.8) is 0 Å². The van der Waals surface area contributed by atoms with Crippen molar-refractivity contribution < 1.29 is 26.0 Å². The van der Waals surface area contributed by atoms with Gasteiger partial charge in [-0.05, 0) is 30.0 Å². The first-order valence-corrected chi connectivity index (χ1v) is 22.3. The van der Waals surface area contributed by atoms with Crippen LogP contribution in [0, 0.1) is 28.6 Å². The third-order valence-electron chi connectivity index (χ3n) is 11.2. The highest BCUT2D eigenvalue weighted by Gasteiger charge is 2.51. The second kappa shape index (κ2) is 12.9. The molecular weight excluding hydrogens is 793 g/mol. The lowest BCUT2D eigenvalue weighted by molar-refractivity contribution is -0.117. The highest BCUT2D eigenvalue weighted by atomic mass is 32.2. The Morgan fingerprint density at radius 1 is 0.912 bits per heavy atom. The van der Waals surface area contributed by atoms with Gasteiger partial charge in [0.25, 0.3) is 6.01 Å². The first-order chi connectivity index (χ1) is 27.1. The molecule has 2 aliphatic heterocycles. The molecule has 0 spiro atoms. The number of sulfonamides is 2. The fourth-order valence-electron chi connectivity index (χ4n) is 7.98. The minimum Gasteiger partial charge on any atom is -0.423 e. The van der Waals surface area contributed by atoms with E-state index in [0.29, 0.717) is 39.3 Å². The second-order valence-corrected chi connectivity index (χ2v) is 20.0. The molecule has 9 rings (SSSR count). The molecule has 3 N–H and O–H groups in total. The molecule has 6 aromatic rings. The Kier molecular flexibility index (Phi) is 8.36. The number of nitrogens with two attached hydrogens (primary N) is 1. The number of nitrogens with zero attached hydrogens (tertiary/aromatic N) is 10. The molecule has 292 valence electrons. The Labute approximate surface area is 330 Å². The van der Waals surface area contributed by atoms with Gasteiger partial charge in [0.05, 0.1) is 60.1 Å². The van der Waals surface area contributed by atoms with Gasteiger partial charge in [0.1, 0.15) is 16.6 Å². The summed E-state index contributed by atoms with van der Waals surface area (Å²) in [5.74, 6) is -0.765. The summed E-state index contributed by atoms with van der Waals surface area (Å²) in [7, 11) is -6.84. The predicted molar refractivity (Wildman–Crippen MR) is 209 cm³/mol. The van der Waals surface area contributed by atoms with Crippen molar-refractivity contribution in [1.82, 2.24) is 38.1 Å². The number of nitrogen functional groups attached to an aromatic ring is 1. The predicted octanol–water partition coefficient (Wildman–Crippen LogP) is 3.26. The van der Waals surface area contributed by atoms with Crippen LogP contribution in [0.4, 0.5) is 11.1 Å². The number of carbonyl (C=O) groups excluding carboxylic acids is 1. The fraction of sp³-hybridized carbons (Fsp3) is 0.361. The van der Waals surface area contributed by atoms with E-state index in [4.69, 9.17) is 15.1 Å². The number of anilines is 2. The smallest absolute Gasteiger partial charge is 0.293 e. The van der Waals surface area contributed by atoms with Gasteiger partial charge in [-0.1, -0.05) is 29.5 Å². The summed E-state index contributed by atoms with van der Waals surface area (Å²) in [5, 5.41) is 31.7. The van der Waals surface area contributed by atoms with Crippen LogP contribution in [0.2, 0.25) is 0 Å². The van der Waals surface area contributed by atoms with E-state index in [2.05, 4.69) is 32.6 Å². The lowest BCUT2D eigenvalue weighted by atomic mass is 9.89. The van der Waals surface area contributed by atoms with E-state index in [-0.39, 0.29) is 62.8 Å².